The summed E-state index contributed by atoms with van der Waals surface area (Å²) in [5, 5.41) is 0. The molecule has 1 rings (SSSR count). The fourth-order valence-corrected chi connectivity index (χ4v) is 2.44. The van der Waals surface area contributed by atoms with Gasteiger partial charge in [0.2, 0.25) is 0 Å². The van der Waals surface area contributed by atoms with E-state index in [9.17, 15) is 0 Å². The van der Waals surface area contributed by atoms with Gasteiger partial charge in [-0.2, -0.15) is 0 Å². The Kier molecular flexibility index (Phi) is 6.22. The first-order valence-electron chi connectivity index (χ1n) is 6.40. The van der Waals surface area contributed by atoms with Gasteiger partial charge in [-0.3, -0.25) is 0 Å². The van der Waals surface area contributed by atoms with Gasteiger partial charge in [0, 0.05) is 32.2 Å². The molecule has 1 aliphatic carbocycles. The molecular weight excluding hydrogens is 186 g/mol. The van der Waals surface area contributed by atoms with Crippen molar-refractivity contribution in [2.75, 3.05) is 39.8 Å². The van der Waals surface area contributed by atoms with Crippen LogP contribution in [0.3, 0.4) is 0 Å². The zero-order chi connectivity index (χ0) is 11.1. The van der Waals surface area contributed by atoms with Crippen LogP contribution >= 0.6 is 0 Å². The Morgan fingerprint density at radius 1 is 1.13 bits per heavy atom. The second-order valence-electron chi connectivity index (χ2n) is 4.64. The highest BCUT2D eigenvalue weighted by molar-refractivity contribution is 4.75. The van der Waals surface area contributed by atoms with Crippen molar-refractivity contribution in [3.8, 4) is 0 Å². The van der Waals surface area contributed by atoms with Gasteiger partial charge in [-0.1, -0.05) is 19.8 Å². The summed E-state index contributed by atoms with van der Waals surface area (Å²) in [5.74, 6) is 0. The molecule has 0 unspecified atom stereocenters. The maximum absolute atomic E-state index is 5.58. The smallest absolute Gasteiger partial charge is 0.0110 e. The van der Waals surface area contributed by atoms with Crippen LogP contribution < -0.4 is 5.73 Å². The molecule has 1 fully saturated rings. The average Bonchev–Trinajstić information content (AvgIpc) is 2.77. The zero-order valence-corrected chi connectivity index (χ0v) is 10.4. The Morgan fingerprint density at radius 2 is 1.80 bits per heavy atom. The maximum atomic E-state index is 5.58. The van der Waals surface area contributed by atoms with E-state index in [1.54, 1.807) is 0 Å². The second-order valence-corrected chi connectivity index (χ2v) is 4.64. The Bertz CT molecular complexity index is 155. The molecule has 0 amide bonds. The van der Waals surface area contributed by atoms with Crippen molar-refractivity contribution in [3.05, 3.63) is 0 Å². The van der Waals surface area contributed by atoms with Crippen LogP contribution in [-0.4, -0.2) is 55.6 Å². The largest absolute Gasteiger partial charge is 0.329 e. The SMILES string of the molecule is CCN(CCN)CCN(C)C1CCCC1. The first kappa shape index (κ1) is 12.9. The van der Waals surface area contributed by atoms with Crippen molar-refractivity contribution in [2.24, 2.45) is 5.73 Å². The van der Waals surface area contributed by atoms with Gasteiger partial charge in [-0.25, -0.2) is 0 Å². The Labute approximate surface area is 94.6 Å². The molecule has 0 aromatic carbocycles. The Balaban J connectivity index is 2.16. The van der Waals surface area contributed by atoms with Crippen molar-refractivity contribution in [2.45, 2.75) is 38.6 Å². The molecule has 15 heavy (non-hydrogen) atoms. The van der Waals surface area contributed by atoms with Crippen LogP contribution in [0.5, 0.6) is 0 Å². The number of rotatable bonds is 7. The molecule has 0 aromatic heterocycles. The number of likely N-dealkylation sites (N-methyl/N-ethyl adjacent to an activating group) is 2. The van der Waals surface area contributed by atoms with Gasteiger partial charge < -0.3 is 15.5 Å². The molecule has 2 N–H and O–H groups in total. The van der Waals surface area contributed by atoms with Crippen molar-refractivity contribution >= 4 is 0 Å². The lowest BCUT2D eigenvalue weighted by Crippen LogP contribution is -2.39. The van der Waals surface area contributed by atoms with Gasteiger partial charge in [0.05, 0.1) is 0 Å². The summed E-state index contributed by atoms with van der Waals surface area (Å²) in [6, 6.07) is 0.849. The first-order valence-corrected chi connectivity index (χ1v) is 6.40. The average molecular weight is 213 g/mol. The fourth-order valence-electron chi connectivity index (χ4n) is 2.44. The van der Waals surface area contributed by atoms with Crippen molar-refractivity contribution in [1.82, 2.24) is 9.80 Å². The third-order valence-corrected chi connectivity index (χ3v) is 3.61. The standard InChI is InChI=1S/C12H27N3/c1-3-15(9-8-13)11-10-14(2)12-6-4-5-7-12/h12H,3-11,13H2,1-2H3. The Hall–Kier alpha value is -0.120. The summed E-state index contributed by atoms with van der Waals surface area (Å²) in [4.78, 5) is 4.97. The van der Waals surface area contributed by atoms with E-state index >= 15 is 0 Å². The van der Waals surface area contributed by atoms with Crippen LogP contribution in [-0.2, 0) is 0 Å². The van der Waals surface area contributed by atoms with Crippen LogP contribution in [0.2, 0.25) is 0 Å². The van der Waals surface area contributed by atoms with Gasteiger partial charge >= 0.3 is 0 Å². The lowest BCUT2D eigenvalue weighted by molar-refractivity contribution is 0.196. The first-order chi connectivity index (χ1) is 7.27. The van der Waals surface area contributed by atoms with E-state index in [-0.39, 0.29) is 0 Å². The quantitative estimate of drug-likeness (QED) is 0.688. The molecule has 0 aliphatic heterocycles. The van der Waals surface area contributed by atoms with Gasteiger partial charge in [-0.05, 0) is 26.4 Å². The summed E-state index contributed by atoms with van der Waals surface area (Å²) >= 11 is 0. The number of nitrogens with two attached hydrogens (primary N) is 1. The summed E-state index contributed by atoms with van der Waals surface area (Å²) in [7, 11) is 2.27. The van der Waals surface area contributed by atoms with Crippen LogP contribution in [0.4, 0.5) is 0 Å². The van der Waals surface area contributed by atoms with Crippen molar-refractivity contribution in [1.29, 1.82) is 0 Å². The second kappa shape index (κ2) is 7.20. The summed E-state index contributed by atoms with van der Waals surface area (Å²) in [5.41, 5.74) is 5.58. The summed E-state index contributed by atoms with van der Waals surface area (Å²) in [6.07, 6.45) is 5.66. The zero-order valence-electron chi connectivity index (χ0n) is 10.4. The molecule has 0 atom stereocenters. The normalized spacial score (nSPS) is 18.2. The molecule has 1 aliphatic rings. The van der Waals surface area contributed by atoms with Crippen LogP contribution in [0.25, 0.3) is 0 Å². The van der Waals surface area contributed by atoms with Gasteiger partial charge in [0.15, 0.2) is 0 Å². The van der Waals surface area contributed by atoms with E-state index in [1.807, 2.05) is 0 Å². The minimum absolute atomic E-state index is 0.779. The lowest BCUT2D eigenvalue weighted by atomic mass is 10.2. The minimum Gasteiger partial charge on any atom is -0.329 e. The highest BCUT2D eigenvalue weighted by atomic mass is 15.2. The van der Waals surface area contributed by atoms with E-state index in [1.165, 1.54) is 38.8 Å². The number of nitrogens with zero attached hydrogens (tertiary/aromatic N) is 2. The van der Waals surface area contributed by atoms with E-state index in [4.69, 9.17) is 5.73 Å². The monoisotopic (exact) mass is 213 g/mol. The molecule has 0 heterocycles. The molecule has 0 spiro atoms. The third kappa shape index (κ3) is 4.49. The van der Waals surface area contributed by atoms with E-state index in [0.717, 1.165) is 25.7 Å². The molecule has 0 radical (unpaired) electrons. The van der Waals surface area contributed by atoms with Gasteiger partial charge in [0.1, 0.15) is 0 Å². The summed E-state index contributed by atoms with van der Waals surface area (Å²) in [6.45, 7) is 7.51. The third-order valence-electron chi connectivity index (χ3n) is 3.61. The minimum atomic E-state index is 0.779. The maximum Gasteiger partial charge on any atom is 0.0110 e. The van der Waals surface area contributed by atoms with Crippen molar-refractivity contribution < 1.29 is 0 Å². The van der Waals surface area contributed by atoms with Gasteiger partial charge in [0.25, 0.3) is 0 Å². The highest BCUT2D eigenvalue weighted by Gasteiger charge is 2.19. The highest BCUT2D eigenvalue weighted by Crippen LogP contribution is 2.21. The van der Waals surface area contributed by atoms with Crippen LogP contribution in [0, 0.1) is 0 Å². The van der Waals surface area contributed by atoms with Crippen molar-refractivity contribution in [3.63, 3.8) is 0 Å². The van der Waals surface area contributed by atoms with Crippen LogP contribution in [0.15, 0.2) is 0 Å². The summed E-state index contributed by atoms with van der Waals surface area (Å²) < 4.78 is 0. The van der Waals surface area contributed by atoms with E-state index < -0.39 is 0 Å². The predicted octanol–water partition coefficient (Wildman–Crippen LogP) is 1.14. The molecule has 3 nitrogen and oxygen atoms in total. The molecule has 90 valence electrons. The van der Waals surface area contributed by atoms with Gasteiger partial charge in [-0.15, -0.1) is 0 Å². The molecule has 0 bridgehead atoms. The molecule has 0 aromatic rings. The van der Waals surface area contributed by atoms with E-state index in [2.05, 4.69) is 23.8 Å². The Morgan fingerprint density at radius 3 is 2.33 bits per heavy atom. The molecular formula is C12H27N3. The molecule has 0 saturated heterocycles. The molecule has 3 heteroatoms. The number of hydrogen-bond donors (Lipinski definition) is 1. The van der Waals surface area contributed by atoms with Crippen LogP contribution in [0.1, 0.15) is 32.6 Å². The van der Waals surface area contributed by atoms with E-state index in [0.29, 0.717) is 0 Å². The molecule has 1 saturated carbocycles. The predicted molar refractivity (Wildman–Crippen MR) is 66.1 cm³/mol. The fraction of sp³-hybridized carbons (Fsp3) is 1.00. The topological polar surface area (TPSA) is 32.5 Å². The lowest BCUT2D eigenvalue weighted by Gasteiger charge is -2.27. The number of hydrogen-bond acceptors (Lipinski definition) is 3.